The standard InChI is InChI=1S/C12H17NO4/c1-17-5-4-13-11(14)9-7-2-3-8(6-7)10(9)12(15)16/h2-3,7-10H,4-6H2,1H3,(H,13,14)(H,15,16). The number of rotatable bonds is 5. The van der Waals surface area contributed by atoms with E-state index in [9.17, 15) is 14.7 Å². The smallest absolute Gasteiger partial charge is 0.307 e. The molecule has 0 aromatic heterocycles. The van der Waals surface area contributed by atoms with Gasteiger partial charge in [0.1, 0.15) is 0 Å². The molecule has 0 aromatic rings. The molecule has 0 aromatic carbocycles. The molecule has 0 saturated heterocycles. The fourth-order valence-electron chi connectivity index (χ4n) is 2.91. The van der Waals surface area contributed by atoms with Crippen LogP contribution in [0, 0.1) is 23.7 Å². The number of carboxylic acids is 1. The zero-order valence-electron chi connectivity index (χ0n) is 9.76. The van der Waals surface area contributed by atoms with Crippen LogP contribution in [-0.2, 0) is 14.3 Å². The van der Waals surface area contributed by atoms with E-state index < -0.39 is 17.8 Å². The number of carboxylic acid groups (broad SMARTS) is 1. The van der Waals surface area contributed by atoms with Crippen molar-refractivity contribution in [2.75, 3.05) is 20.3 Å². The second-order valence-corrected chi connectivity index (χ2v) is 4.62. The third-order valence-corrected chi connectivity index (χ3v) is 3.65. The first-order valence-corrected chi connectivity index (χ1v) is 5.83. The van der Waals surface area contributed by atoms with Crippen LogP contribution in [0.3, 0.4) is 0 Å². The van der Waals surface area contributed by atoms with Crippen molar-refractivity contribution in [3.63, 3.8) is 0 Å². The summed E-state index contributed by atoms with van der Waals surface area (Å²) in [4.78, 5) is 23.2. The molecule has 0 radical (unpaired) electrons. The van der Waals surface area contributed by atoms with E-state index in [1.165, 1.54) is 0 Å². The Bertz CT molecular complexity index is 352. The number of aliphatic carboxylic acids is 1. The number of allylic oxidation sites excluding steroid dienone is 2. The number of carbonyl (C=O) groups is 2. The molecule has 17 heavy (non-hydrogen) atoms. The van der Waals surface area contributed by atoms with E-state index in [1.54, 1.807) is 7.11 Å². The molecule has 4 unspecified atom stereocenters. The van der Waals surface area contributed by atoms with Gasteiger partial charge < -0.3 is 15.2 Å². The maximum Gasteiger partial charge on any atom is 0.307 e. The summed E-state index contributed by atoms with van der Waals surface area (Å²) >= 11 is 0. The number of amides is 1. The van der Waals surface area contributed by atoms with Gasteiger partial charge in [-0.15, -0.1) is 0 Å². The Morgan fingerprint density at radius 2 is 2.00 bits per heavy atom. The first kappa shape index (κ1) is 12.1. The normalized spacial score (nSPS) is 33.9. The summed E-state index contributed by atoms with van der Waals surface area (Å²) in [5.74, 6) is -1.90. The number of fused-ring (bicyclic) bond motifs is 2. The second-order valence-electron chi connectivity index (χ2n) is 4.62. The van der Waals surface area contributed by atoms with Gasteiger partial charge in [0.05, 0.1) is 18.4 Å². The molecule has 1 saturated carbocycles. The summed E-state index contributed by atoms with van der Waals surface area (Å²) < 4.78 is 4.85. The maximum absolute atomic E-state index is 12.0. The first-order valence-electron chi connectivity index (χ1n) is 5.83. The predicted octanol–water partition coefficient (Wildman–Crippen LogP) is 0.272. The molecule has 4 atom stereocenters. The van der Waals surface area contributed by atoms with Crippen molar-refractivity contribution in [2.45, 2.75) is 6.42 Å². The summed E-state index contributed by atoms with van der Waals surface area (Å²) in [5, 5.41) is 11.9. The van der Waals surface area contributed by atoms with Gasteiger partial charge in [-0.3, -0.25) is 9.59 Å². The lowest BCUT2D eigenvalue weighted by atomic mass is 9.82. The van der Waals surface area contributed by atoms with Crippen LogP contribution in [0.2, 0.25) is 0 Å². The van der Waals surface area contributed by atoms with E-state index >= 15 is 0 Å². The van der Waals surface area contributed by atoms with Gasteiger partial charge in [-0.1, -0.05) is 12.2 Å². The summed E-state index contributed by atoms with van der Waals surface area (Å²) in [6, 6.07) is 0. The molecule has 0 aliphatic heterocycles. The van der Waals surface area contributed by atoms with Crippen molar-refractivity contribution in [1.82, 2.24) is 5.32 Å². The molecule has 5 heteroatoms. The molecule has 2 N–H and O–H groups in total. The molecule has 2 bridgehead atoms. The molecule has 5 nitrogen and oxygen atoms in total. The lowest BCUT2D eigenvalue weighted by Crippen LogP contribution is -2.41. The first-order chi connectivity index (χ1) is 8.15. The summed E-state index contributed by atoms with van der Waals surface area (Å²) in [6.45, 7) is 0.874. The molecule has 94 valence electrons. The minimum absolute atomic E-state index is 0.0238. The highest BCUT2D eigenvalue weighted by molar-refractivity contribution is 5.86. The van der Waals surface area contributed by atoms with Gasteiger partial charge in [-0.05, 0) is 18.3 Å². The summed E-state index contributed by atoms with van der Waals surface area (Å²) in [5.41, 5.74) is 0. The third kappa shape index (κ3) is 2.20. The average molecular weight is 239 g/mol. The zero-order chi connectivity index (χ0) is 12.4. The van der Waals surface area contributed by atoms with Crippen LogP contribution in [0.25, 0.3) is 0 Å². The van der Waals surface area contributed by atoms with Gasteiger partial charge >= 0.3 is 5.97 Å². The van der Waals surface area contributed by atoms with E-state index in [-0.39, 0.29) is 17.7 Å². The number of hydrogen-bond donors (Lipinski definition) is 2. The van der Waals surface area contributed by atoms with Gasteiger partial charge in [0.25, 0.3) is 0 Å². The SMILES string of the molecule is COCCNC(=O)C1C2C=CC(C2)C1C(=O)O. The minimum atomic E-state index is -0.867. The molecular weight excluding hydrogens is 222 g/mol. The second kappa shape index (κ2) is 4.87. The van der Waals surface area contributed by atoms with Crippen LogP contribution in [0.15, 0.2) is 12.2 Å². The van der Waals surface area contributed by atoms with E-state index in [4.69, 9.17) is 4.74 Å². The number of carbonyl (C=O) groups excluding carboxylic acids is 1. The van der Waals surface area contributed by atoms with Gasteiger partial charge in [-0.2, -0.15) is 0 Å². The number of ether oxygens (including phenoxy) is 1. The fourth-order valence-corrected chi connectivity index (χ4v) is 2.91. The quantitative estimate of drug-likeness (QED) is 0.533. The van der Waals surface area contributed by atoms with E-state index in [0.29, 0.717) is 13.2 Å². The Morgan fingerprint density at radius 1 is 1.35 bits per heavy atom. The van der Waals surface area contributed by atoms with Crippen molar-refractivity contribution < 1.29 is 19.4 Å². The molecule has 2 aliphatic carbocycles. The predicted molar refractivity (Wildman–Crippen MR) is 60.2 cm³/mol. The minimum Gasteiger partial charge on any atom is -0.481 e. The van der Waals surface area contributed by atoms with E-state index in [1.807, 2.05) is 12.2 Å². The monoisotopic (exact) mass is 239 g/mol. The Labute approximate surface area is 99.8 Å². The van der Waals surface area contributed by atoms with Crippen molar-refractivity contribution in [3.05, 3.63) is 12.2 Å². The van der Waals surface area contributed by atoms with Gasteiger partial charge in [0, 0.05) is 13.7 Å². The molecular formula is C12H17NO4. The molecule has 1 fully saturated rings. The zero-order valence-corrected chi connectivity index (χ0v) is 9.76. The van der Waals surface area contributed by atoms with Crippen LogP contribution in [0.5, 0.6) is 0 Å². The van der Waals surface area contributed by atoms with Crippen molar-refractivity contribution in [2.24, 2.45) is 23.7 Å². The highest BCUT2D eigenvalue weighted by atomic mass is 16.5. The molecule has 0 spiro atoms. The number of methoxy groups -OCH3 is 1. The van der Waals surface area contributed by atoms with Crippen LogP contribution >= 0.6 is 0 Å². The molecule has 2 aliphatic rings. The summed E-state index contributed by atoms with van der Waals surface area (Å²) in [7, 11) is 1.56. The lowest BCUT2D eigenvalue weighted by molar-refractivity contribution is -0.147. The van der Waals surface area contributed by atoms with Crippen molar-refractivity contribution in [3.8, 4) is 0 Å². The number of hydrogen-bond acceptors (Lipinski definition) is 3. The Kier molecular flexibility index (Phi) is 3.47. The van der Waals surface area contributed by atoms with Crippen LogP contribution in [-0.4, -0.2) is 37.2 Å². The molecule has 2 rings (SSSR count). The highest BCUT2D eigenvalue weighted by Crippen LogP contribution is 2.48. The van der Waals surface area contributed by atoms with Crippen LogP contribution in [0.1, 0.15) is 6.42 Å². The van der Waals surface area contributed by atoms with Gasteiger partial charge in [0.2, 0.25) is 5.91 Å². The lowest BCUT2D eigenvalue weighted by Gasteiger charge is -2.23. The summed E-state index contributed by atoms with van der Waals surface area (Å²) in [6.07, 6.45) is 4.70. The number of nitrogens with one attached hydrogen (secondary N) is 1. The van der Waals surface area contributed by atoms with Crippen molar-refractivity contribution in [1.29, 1.82) is 0 Å². The Morgan fingerprint density at radius 3 is 2.59 bits per heavy atom. The average Bonchev–Trinajstić information content (AvgIpc) is 2.88. The maximum atomic E-state index is 12.0. The van der Waals surface area contributed by atoms with E-state index in [2.05, 4.69) is 5.32 Å². The van der Waals surface area contributed by atoms with Gasteiger partial charge in [0.15, 0.2) is 0 Å². The molecule has 1 amide bonds. The van der Waals surface area contributed by atoms with Crippen LogP contribution in [0.4, 0.5) is 0 Å². The molecule has 0 heterocycles. The topological polar surface area (TPSA) is 75.6 Å². The highest BCUT2D eigenvalue weighted by Gasteiger charge is 2.51. The van der Waals surface area contributed by atoms with E-state index in [0.717, 1.165) is 6.42 Å². The van der Waals surface area contributed by atoms with Crippen molar-refractivity contribution >= 4 is 11.9 Å². The van der Waals surface area contributed by atoms with Crippen LogP contribution < -0.4 is 5.32 Å². The Balaban J connectivity index is 2.01. The largest absolute Gasteiger partial charge is 0.481 e. The van der Waals surface area contributed by atoms with Gasteiger partial charge in [-0.25, -0.2) is 0 Å². The Hall–Kier alpha value is -1.36. The fraction of sp³-hybridized carbons (Fsp3) is 0.667. The third-order valence-electron chi connectivity index (χ3n) is 3.65.